The minimum Gasteiger partial charge on any atom is -0.468 e. The van der Waals surface area contributed by atoms with E-state index in [1.54, 1.807) is 4.90 Å². The number of carbonyl (C=O) groups excluding carboxylic acids is 2. The standard InChI is InChI=1S/C15H17NO3/c1-10(2)13-12(15(18)19-3)14(17)16(13)9-11-7-5-4-6-8-11/h4-8,12-13H,1,9H2,2-3H3/t12-,13-/m0/s1. The summed E-state index contributed by atoms with van der Waals surface area (Å²) >= 11 is 0. The maximum absolute atomic E-state index is 12.1. The van der Waals surface area contributed by atoms with E-state index in [9.17, 15) is 9.59 Å². The molecule has 1 aliphatic heterocycles. The number of ether oxygens (including phenoxy) is 1. The third-order valence-corrected chi connectivity index (χ3v) is 3.36. The molecule has 1 heterocycles. The van der Waals surface area contributed by atoms with Crippen LogP contribution in [-0.2, 0) is 20.9 Å². The lowest BCUT2D eigenvalue weighted by Crippen LogP contribution is -2.63. The molecule has 0 N–H and O–H groups in total. The molecule has 0 saturated carbocycles. The van der Waals surface area contributed by atoms with Crippen molar-refractivity contribution in [1.82, 2.24) is 4.90 Å². The van der Waals surface area contributed by atoms with Crippen LogP contribution in [0.1, 0.15) is 12.5 Å². The summed E-state index contributed by atoms with van der Waals surface area (Å²) in [5.41, 5.74) is 1.83. The van der Waals surface area contributed by atoms with Crippen molar-refractivity contribution in [2.75, 3.05) is 7.11 Å². The van der Waals surface area contributed by atoms with Gasteiger partial charge in [0.05, 0.1) is 13.2 Å². The van der Waals surface area contributed by atoms with Crippen LogP contribution in [0.2, 0.25) is 0 Å². The zero-order valence-corrected chi connectivity index (χ0v) is 11.1. The van der Waals surface area contributed by atoms with Crippen LogP contribution in [0, 0.1) is 5.92 Å². The molecule has 19 heavy (non-hydrogen) atoms. The highest BCUT2D eigenvalue weighted by atomic mass is 16.5. The van der Waals surface area contributed by atoms with Crippen LogP contribution >= 0.6 is 0 Å². The van der Waals surface area contributed by atoms with E-state index in [1.165, 1.54) is 7.11 Å². The highest BCUT2D eigenvalue weighted by Crippen LogP contribution is 2.33. The van der Waals surface area contributed by atoms with Gasteiger partial charge >= 0.3 is 5.97 Å². The van der Waals surface area contributed by atoms with E-state index >= 15 is 0 Å². The molecule has 1 aliphatic rings. The number of hydrogen-bond donors (Lipinski definition) is 0. The van der Waals surface area contributed by atoms with Gasteiger partial charge in [0.1, 0.15) is 0 Å². The summed E-state index contributed by atoms with van der Waals surface area (Å²) in [6.07, 6.45) is 0. The molecule has 1 saturated heterocycles. The van der Waals surface area contributed by atoms with Gasteiger partial charge in [-0.05, 0) is 12.5 Å². The molecule has 2 atom stereocenters. The summed E-state index contributed by atoms with van der Waals surface area (Å²) in [6.45, 7) is 6.18. The van der Waals surface area contributed by atoms with Gasteiger partial charge < -0.3 is 9.64 Å². The molecule has 1 fully saturated rings. The molecule has 4 nitrogen and oxygen atoms in total. The average molecular weight is 259 g/mol. The summed E-state index contributed by atoms with van der Waals surface area (Å²) in [5.74, 6) is -1.41. The number of rotatable bonds is 4. The van der Waals surface area contributed by atoms with Crippen LogP contribution in [0.3, 0.4) is 0 Å². The van der Waals surface area contributed by atoms with E-state index in [1.807, 2.05) is 37.3 Å². The second-order valence-electron chi connectivity index (χ2n) is 4.74. The van der Waals surface area contributed by atoms with E-state index in [4.69, 9.17) is 0 Å². The molecule has 1 aromatic carbocycles. The van der Waals surface area contributed by atoms with Crippen molar-refractivity contribution >= 4 is 11.9 Å². The van der Waals surface area contributed by atoms with Gasteiger partial charge in [-0.15, -0.1) is 0 Å². The van der Waals surface area contributed by atoms with Gasteiger partial charge in [-0.1, -0.05) is 42.5 Å². The summed E-state index contributed by atoms with van der Waals surface area (Å²) in [5, 5.41) is 0. The molecule has 0 bridgehead atoms. The Morgan fingerprint density at radius 3 is 2.53 bits per heavy atom. The summed E-state index contributed by atoms with van der Waals surface area (Å²) in [4.78, 5) is 25.3. The number of amides is 1. The van der Waals surface area contributed by atoms with Gasteiger partial charge in [0.2, 0.25) is 5.91 Å². The van der Waals surface area contributed by atoms with Crippen LogP contribution in [0.5, 0.6) is 0 Å². The first-order chi connectivity index (χ1) is 9.06. The monoisotopic (exact) mass is 259 g/mol. The summed E-state index contributed by atoms with van der Waals surface area (Å²) in [6, 6.07) is 9.41. The molecule has 4 heteroatoms. The van der Waals surface area contributed by atoms with Gasteiger partial charge in [0.25, 0.3) is 0 Å². The fourth-order valence-corrected chi connectivity index (χ4v) is 2.41. The maximum atomic E-state index is 12.1. The molecular weight excluding hydrogens is 242 g/mol. The lowest BCUT2D eigenvalue weighted by molar-refractivity contribution is -0.170. The number of esters is 1. The number of β-lactam (4-membered cyclic amide) rings is 1. The number of carbonyl (C=O) groups is 2. The lowest BCUT2D eigenvalue weighted by atomic mass is 9.82. The third kappa shape index (κ3) is 2.38. The number of nitrogens with zero attached hydrogens (tertiary/aromatic N) is 1. The van der Waals surface area contributed by atoms with Crippen LogP contribution < -0.4 is 0 Å². The van der Waals surface area contributed by atoms with Gasteiger partial charge in [0, 0.05) is 6.54 Å². The molecule has 1 aromatic rings. The van der Waals surface area contributed by atoms with E-state index in [0.717, 1.165) is 11.1 Å². The molecule has 100 valence electrons. The van der Waals surface area contributed by atoms with E-state index in [0.29, 0.717) is 6.54 Å². The van der Waals surface area contributed by atoms with Crippen molar-refractivity contribution in [3.8, 4) is 0 Å². The highest BCUT2D eigenvalue weighted by molar-refractivity contribution is 6.04. The predicted octanol–water partition coefficient (Wildman–Crippen LogP) is 1.76. The zero-order valence-electron chi connectivity index (χ0n) is 11.1. The molecule has 0 aromatic heterocycles. The van der Waals surface area contributed by atoms with Crippen molar-refractivity contribution in [2.24, 2.45) is 5.92 Å². The average Bonchev–Trinajstić information content (AvgIpc) is 2.41. The summed E-state index contributed by atoms with van der Waals surface area (Å²) in [7, 11) is 1.30. The van der Waals surface area contributed by atoms with Crippen molar-refractivity contribution in [3.05, 3.63) is 48.0 Å². The normalized spacial score (nSPS) is 21.8. The van der Waals surface area contributed by atoms with Crippen LogP contribution in [-0.4, -0.2) is 29.9 Å². The second-order valence-corrected chi connectivity index (χ2v) is 4.74. The molecule has 0 spiro atoms. The molecular formula is C15H17NO3. The predicted molar refractivity (Wildman–Crippen MR) is 71.1 cm³/mol. The first-order valence-electron chi connectivity index (χ1n) is 6.14. The van der Waals surface area contributed by atoms with E-state index in [2.05, 4.69) is 11.3 Å². The molecule has 2 rings (SSSR count). The molecule has 1 amide bonds. The lowest BCUT2D eigenvalue weighted by Gasteiger charge is -2.46. The van der Waals surface area contributed by atoms with Crippen LogP contribution in [0.25, 0.3) is 0 Å². The maximum Gasteiger partial charge on any atom is 0.320 e. The fraction of sp³-hybridized carbons (Fsp3) is 0.333. The van der Waals surface area contributed by atoms with Crippen molar-refractivity contribution in [2.45, 2.75) is 19.5 Å². The largest absolute Gasteiger partial charge is 0.468 e. The Balaban J connectivity index is 2.16. The Morgan fingerprint density at radius 2 is 2.00 bits per heavy atom. The minimum atomic E-state index is -0.730. The highest BCUT2D eigenvalue weighted by Gasteiger charge is 2.52. The Labute approximate surface area is 112 Å². The Kier molecular flexibility index (Phi) is 3.69. The van der Waals surface area contributed by atoms with Crippen molar-refractivity contribution in [1.29, 1.82) is 0 Å². The van der Waals surface area contributed by atoms with E-state index in [-0.39, 0.29) is 11.9 Å². The van der Waals surface area contributed by atoms with Crippen LogP contribution in [0.15, 0.2) is 42.5 Å². The second kappa shape index (κ2) is 5.26. The Morgan fingerprint density at radius 1 is 1.37 bits per heavy atom. The number of hydrogen-bond acceptors (Lipinski definition) is 3. The number of benzene rings is 1. The Bertz CT molecular complexity index is 509. The minimum absolute atomic E-state index is 0.191. The number of methoxy groups -OCH3 is 1. The Hall–Kier alpha value is -2.10. The van der Waals surface area contributed by atoms with Gasteiger partial charge in [-0.2, -0.15) is 0 Å². The van der Waals surface area contributed by atoms with Gasteiger partial charge in [0.15, 0.2) is 5.92 Å². The smallest absolute Gasteiger partial charge is 0.320 e. The first kappa shape index (κ1) is 13.3. The SMILES string of the molecule is C=C(C)[C@H]1[C@H](C(=O)OC)C(=O)N1Cc1ccccc1. The molecule has 0 aliphatic carbocycles. The quantitative estimate of drug-likeness (QED) is 0.358. The zero-order chi connectivity index (χ0) is 14.0. The summed E-state index contributed by atoms with van der Waals surface area (Å²) < 4.78 is 4.68. The van der Waals surface area contributed by atoms with Crippen molar-refractivity contribution < 1.29 is 14.3 Å². The van der Waals surface area contributed by atoms with Crippen LogP contribution in [0.4, 0.5) is 0 Å². The topological polar surface area (TPSA) is 46.6 Å². The molecule has 0 radical (unpaired) electrons. The first-order valence-corrected chi connectivity index (χ1v) is 6.14. The van der Waals surface area contributed by atoms with Gasteiger partial charge in [-0.25, -0.2) is 0 Å². The van der Waals surface area contributed by atoms with Gasteiger partial charge in [-0.3, -0.25) is 9.59 Å². The fourth-order valence-electron chi connectivity index (χ4n) is 2.41. The third-order valence-electron chi connectivity index (χ3n) is 3.36. The molecule has 0 unspecified atom stereocenters. The van der Waals surface area contributed by atoms with Crippen molar-refractivity contribution in [3.63, 3.8) is 0 Å². The van der Waals surface area contributed by atoms with E-state index < -0.39 is 11.9 Å². The number of likely N-dealkylation sites (tertiary alicyclic amines) is 1.